The minimum Gasteiger partial charge on any atom is -0.0945 e. The lowest BCUT2D eigenvalue weighted by molar-refractivity contribution is 0.162. The van der Waals surface area contributed by atoms with Gasteiger partial charge in [-0.3, -0.25) is 0 Å². The molecule has 1 aromatic rings. The summed E-state index contributed by atoms with van der Waals surface area (Å²) in [6.07, 6.45) is 18.0. The molecule has 0 nitrogen and oxygen atoms in total. The van der Waals surface area contributed by atoms with Crippen molar-refractivity contribution >= 4 is 0 Å². The standard InChI is InChI=1S/C27H40/c1-3-4-5-6-7-23-10-12-24(13-11-23)14-15-25-16-20-27(21-17-25)26-18-8-22(2)9-19-26/h10-13,22,25-27H,3-9,16-21H2,1-2H3. The second kappa shape index (κ2) is 10.9. The van der Waals surface area contributed by atoms with Crippen LogP contribution < -0.4 is 0 Å². The third kappa shape index (κ3) is 6.71. The van der Waals surface area contributed by atoms with Crippen LogP contribution in [0, 0.1) is 35.5 Å². The van der Waals surface area contributed by atoms with Crippen molar-refractivity contribution in [3.63, 3.8) is 0 Å². The molecular weight excluding hydrogens is 324 g/mol. The molecular formula is C27H40. The fourth-order valence-electron chi connectivity index (χ4n) is 5.19. The Hall–Kier alpha value is -1.22. The van der Waals surface area contributed by atoms with Crippen molar-refractivity contribution in [3.05, 3.63) is 35.4 Å². The molecule has 0 radical (unpaired) electrons. The molecule has 0 aliphatic heterocycles. The van der Waals surface area contributed by atoms with E-state index in [4.69, 9.17) is 0 Å². The van der Waals surface area contributed by atoms with Crippen LogP contribution in [0.3, 0.4) is 0 Å². The minimum atomic E-state index is 0.637. The van der Waals surface area contributed by atoms with E-state index in [0.29, 0.717) is 5.92 Å². The van der Waals surface area contributed by atoms with Gasteiger partial charge in [0.25, 0.3) is 0 Å². The third-order valence-electron chi connectivity index (χ3n) is 7.19. The Morgan fingerprint density at radius 2 is 1.41 bits per heavy atom. The SMILES string of the molecule is CCCCCCc1ccc(C#CC2CCC(C3CCC(C)CC3)CC2)cc1. The van der Waals surface area contributed by atoms with Crippen molar-refractivity contribution < 1.29 is 0 Å². The first-order valence-electron chi connectivity index (χ1n) is 11.8. The molecule has 27 heavy (non-hydrogen) atoms. The second-order valence-electron chi connectivity index (χ2n) is 9.41. The lowest BCUT2D eigenvalue weighted by atomic mass is 9.69. The number of unbranched alkanes of at least 4 members (excludes halogenated alkanes) is 3. The maximum absolute atomic E-state index is 3.60. The summed E-state index contributed by atoms with van der Waals surface area (Å²) in [7, 11) is 0. The average Bonchev–Trinajstić information content (AvgIpc) is 2.72. The number of hydrogen-bond acceptors (Lipinski definition) is 0. The predicted molar refractivity (Wildman–Crippen MR) is 118 cm³/mol. The van der Waals surface area contributed by atoms with E-state index in [1.165, 1.54) is 94.6 Å². The number of hydrogen-bond donors (Lipinski definition) is 0. The highest BCUT2D eigenvalue weighted by atomic mass is 14.3. The van der Waals surface area contributed by atoms with Crippen LogP contribution in [0.1, 0.15) is 102 Å². The lowest BCUT2D eigenvalue weighted by Crippen LogP contribution is -2.24. The van der Waals surface area contributed by atoms with Crippen LogP contribution >= 0.6 is 0 Å². The first kappa shape index (κ1) is 20.5. The van der Waals surface area contributed by atoms with E-state index in [-0.39, 0.29) is 0 Å². The molecule has 2 aliphatic carbocycles. The molecule has 2 aliphatic rings. The van der Waals surface area contributed by atoms with Gasteiger partial charge in [-0.15, -0.1) is 0 Å². The Labute approximate surface area is 168 Å². The normalized spacial score (nSPS) is 28.4. The van der Waals surface area contributed by atoms with E-state index >= 15 is 0 Å². The molecule has 148 valence electrons. The van der Waals surface area contributed by atoms with E-state index in [9.17, 15) is 0 Å². The summed E-state index contributed by atoms with van der Waals surface area (Å²) < 4.78 is 0. The van der Waals surface area contributed by atoms with Crippen molar-refractivity contribution in [3.8, 4) is 11.8 Å². The van der Waals surface area contributed by atoms with Gasteiger partial charge in [-0.05, 0) is 86.8 Å². The van der Waals surface area contributed by atoms with Crippen LogP contribution in [0.25, 0.3) is 0 Å². The highest BCUT2D eigenvalue weighted by Gasteiger charge is 2.29. The molecule has 0 unspecified atom stereocenters. The van der Waals surface area contributed by atoms with Crippen LogP contribution in [-0.2, 0) is 6.42 Å². The summed E-state index contributed by atoms with van der Waals surface area (Å²) in [5, 5.41) is 0. The molecule has 0 aromatic heterocycles. The minimum absolute atomic E-state index is 0.637. The van der Waals surface area contributed by atoms with Gasteiger partial charge in [-0.1, -0.05) is 69.9 Å². The molecule has 0 saturated heterocycles. The van der Waals surface area contributed by atoms with Crippen molar-refractivity contribution in [2.24, 2.45) is 23.7 Å². The van der Waals surface area contributed by atoms with Crippen LogP contribution in [0.5, 0.6) is 0 Å². The topological polar surface area (TPSA) is 0 Å². The monoisotopic (exact) mass is 364 g/mol. The Kier molecular flexibility index (Phi) is 8.32. The quantitative estimate of drug-likeness (QED) is 0.357. The maximum Gasteiger partial charge on any atom is 0.0245 e. The molecule has 2 saturated carbocycles. The highest BCUT2D eigenvalue weighted by Crippen LogP contribution is 2.41. The summed E-state index contributed by atoms with van der Waals surface area (Å²) in [5.74, 6) is 10.7. The summed E-state index contributed by atoms with van der Waals surface area (Å²) in [5.41, 5.74) is 2.68. The molecule has 0 bridgehead atoms. The predicted octanol–water partition coefficient (Wildman–Crippen LogP) is 7.79. The Morgan fingerprint density at radius 1 is 0.778 bits per heavy atom. The van der Waals surface area contributed by atoms with Crippen molar-refractivity contribution in [1.82, 2.24) is 0 Å². The van der Waals surface area contributed by atoms with E-state index in [1.807, 2.05) is 0 Å². The smallest absolute Gasteiger partial charge is 0.0245 e. The molecule has 0 spiro atoms. The van der Waals surface area contributed by atoms with E-state index in [2.05, 4.69) is 50.0 Å². The second-order valence-corrected chi connectivity index (χ2v) is 9.41. The van der Waals surface area contributed by atoms with Crippen molar-refractivity contribution in [2.45, 2.75) is 97.3 Å². The first-order chi connectivity index (χ1) is 13.2. The van der Waals surface area contributed by atoms with Crippen LogP contribution in [0.15, 0.2) is 24.3 Å². The van der Waals surface area contributed by atoms with Gasteiger partial charge < -0.3 is 0 Å². The zero-order valence-corrected chi connectivity index (χ0v) is 17.8. The highest BCUT2D eigenvalue weighted by molar-refractivity contribution is 5.36. The van der Waals surface area contributed by atoms with Gasteiger partial charge in [-0.2, -0.15) is 0 Å². The molecule has 3 rings (SSSR count). The molecule has 0 amide bonds. The van der Waals surface area contributed by atoms with E-state index in [1.54, 1.807) is 0 Å². The maximum atomic E-state index is 3.60. The van der Waals surface area contributed by atoms with Gasteiger partial charge in [0.2, 0.25) is 0 Å². The van der Waals surface area contributed by atoms with Gasteiger partial charge >= 0.3 is 0 Å². The molecule has 0 heteroatoms. The molecule has 0 N–H and O–H groups in total. The Bertz CT molecular complexity index is 583. The van der Waals surface area contributed by atoms with Gasteiger partial charge in [0.1, 0.15) is 0 Å². The molecule has 1 aromatic carbocycles. The van der Waals surface area contributed by atoms with Crippen LogP contribution in [0.4, 0.5) is 0 Å². The Balaban J connectivity index is 1.41. The third-order valence-corrected chi connectivity index (χ3v) is 7.19. The van der Waals surface area contributed by atoms with Gasteiger partial charge in [0.15, 0.2) is 0 Å². The van der Waals surface area contributed by atoms with E-state index in [0.717, 1.165) is 17.8 Å². The zero-order valence-electron chi connectivity index (χ0n) is 17.8. The van der Waals surface area contributed by atoms with Gasteiger partial charge in [0.05, 0.1) is 0 Å². The lowest BCUT2D eigenvalue weighted by Gasteiger charge is -2.36. The van der Waals surface area contributed by atoms with Crippen molar-refractivity contribution in [2.75, 3.05) is 0 Å². The first-order valence-corrected chi connectivity index (χ1v) is 11.8. The zero-order chi connectivity index (χ0) is 18.9. The van der Waals surface area contributed by atoms with Crippen molar-refractivity contribution in [1.29, 1.82) is 0 Å². The fraction of sp³-hybridized carbons (Fsp3) is 0.704. The largest absolute Gasteiger partial charge is 0.0945 e. The van der Waals surface area contributed by atoms with Crippen LogP contribution in [0.2, 0.25) is 0 Å². The Morgan fingerprint density at radius 3 is 2.04 bits per heavy atom. The summed E-state index contributed by atoms with van der Waals surface area (Å²) in [6, 6.07) is 9.04. The molecule has 0 atom stereocenters. The molecule has 0 heterocycles. The van der Waals surface area contributed by atoms with Gasteiger partial charge in [0, 0.05) is 11.5 Å². The summed E-state index contributed by atoms with van der Waals surface area (Å²) >= 11 is 0. The van der Waals surface area contributed by atoms with Gasteiger partial charge in [-0.25, -0.2) is 0 Å². The number of aryl methyl sites for hydroxylation is 1. The summed E-state index contributed by atoms with van der Waals surface area (Å²) in [6.45, 7) is 4.71. The van der Waals surface area contributed by atoms with Crippen LogP contribution in [-0.4, -0.2) is 0 Å². The van der Waals surface area contributed by atoms with E-state index < -0.39 is 0 Å². The summed E-state index contributed by atoms with van der Waals surface area (Å²) in [4.78, 5) is 0. The number of benzene rings is 1. The molecule has 2 fully saturated rings. The number of rotatable bonds is 6. The average molecular weight is 365 g/mol. The fourth-order valence-corrected chi connectivity index (χ4v) is 5.19.